The van der Waals surface area contributed by atoms with Gasteiger partial charge in [0.15, 0.2) is 0 Å². The van der Waals surface area contributed by atoms with Crippen molar-refractivity contribution in [1.82, 2.24) is 0 Å². The maximum absolute atomic E-state index is 10.9. The summed E-state index contributed by atoms with van der Waals surface area (Å²) in [5, 5.41) is 15.2. The molecule has 0 bridgehead atoms. The van der Waals surface area contributed by atoms with Crippen molar-refractivity contribution < 1.29 is 9.90 Å². The highest BCUT2D eigenvalue weighted by molar-refractivity contribution is 5.89. The smallest absolute Gasteiger partial charge is 0.221 e. The molecule has 0 radical (unpaired) electrons. The number of hydrogen-bond acceptors (Lipinski definition) is 3. The molecule has 2 atom stereocenters. The fourth-order valence-electron chi connectivity index (χ4n) is 1.27. The molecule has 1 aromatic rings. The number of anilines is 2. The average Bonchev–Trinajstić information content (AvgIpc) is 2.16. The number of amides is 1. The first-order valence-corrected chi connectivity index (χ1v) is 5.31. The Kier molecular flexibility index (Phi) is 4.31. The molecular weight excluding hydrogens is 204 g/mol. The van der Waals surface area contributed by atoms with E-state index in [1.54, 1.807) is 6.92 Å². The van der Waals surface area contributed by atoms with Crippen molar-refractivity contribution in [2.75, 3.05) is 10.6 Å². The number of hydrogen-bond donors (Lipinski definition) is 3. The summed E-state index contributed by atoms with van der Waals surface area (Å²) in [5.74, 6) is -0.0966. The predicted molar refractivity (Wildman–Crippen MR) is 65.5 cm³/mol. The van der Waals surface area contributed by atoms with Gasteiger partial charge in [0.05, 0.1) is 6.10 Å². The molecule has 0 fully saturated rings. The van der Waals surface area contributed by atoms with Gasteiger partial charge in [0.2, 0.25) is 5.91 Å². The predicted octanol–water partition coefficient (Wildman–Crippen LogP) is 1.83. The Balaban J connectivity index is 2.70. The number of rotatable bonds is 4. The number of aliphatic hydroxyl groups is 1. The SMILES string of the molecule is CC(=O)Nc1cccc(NC(C)C(C)O)c1. The van der Waals surface area contributed by atoms with Gasteiger partial charge in [-0.25, -0.2) is 0 Å². The minimum Gasteiger partial charge on any atom is -0.391 e. The van der Waals surface area contributed by atoms with E-state index in [2.05, 4.69) is 10.6 Å². The van der Waals surface area contributed by atoms with Crippen molar-refractivity contribution in [3.05, 3.63) is 24.3 Å². The second kappa shape index (κ2) is 5.51. The highest BCUT2D eigenvalue weighted by Crippen LogP contribution is 2.16. The van der Waals surface area contributed by atoms with Crippen LogP contribution in [0.15, 0.2) is 24.3 Å². The van der Waals surface area contributed by atoms with E-state index in [-0.39, 0.29) is 11.9 Å². The third-order valence-electron chi connectivity index (χ3n) is 2.30. The number of carbonyl (C=O) groups excluding carboxylic acids is 1. The molecule has 3 N–H and O–H groups in total. The van der Waals surface area contributed by atoms with Crippen molar-refractivity contribution in [2.45, 2.75) is 32.9 Å². The van der Waals surface area contributed by atoms with Gasteiger partial charge >= 0.3 is 0 Å². The Morgan fingerprint density at radius 2 is 1.94 bits per heavy atom. The maximum atomic E-state index is 10.9. The van der Waals surface area contributed by atoms with Gasteiger partial charge in [-0.15, -0.1) is 0 Å². The fraction of sp³-hybridized carbons (Fsp3) is 0.417. The molecule has 0 aliphatic carbocycles. The molecule has 2 unspecified atom stereocenters. The highest BCUT2D eigenvalue weighted by atomic mass is 16.3. The zero-order chi connectivity index (χ0) is 12.1. The van der Waals surface area contributed by atoms with Crippen LogP contribution in [0.2, 0.25) is 0 Å². The van der Waals surface area contributed by atoms with E-state index in [1.165, 1.54) is 6.92 Å². The average molecular weight is 222 g/mol. The molecule has 4 heteroatoms. The van der Waals surface area contributed by atoms with Crippen LogP contribution in [0.1, 0.15) is 20.8 Å². The second-order valence-corrected chi connectivity index (χ2v) is 3.94. The zero-order valence-electron chi connectivity index (χ0n) is 9.82. The fourth-order valence-corrected chi connectivity index (χ4v) is 1.27. The van der Waals surface area contributed by atoms with Gasteiger partial charge in [-0.3, -0.25) is 4.79 Å². The molecule has 16 heavy (non-hydrogen) atoms. The Morgan fingerprint density at radius 1 is 1.31 bits per heavy atom. The van der Waals surface area contributed by atoms with Crippen molar-refractivity contribution in [3.8, 4) is 0 Å². The van der Waals surface area contributed by atoms with Crippen molar-refractivity contribution in [3.63, 3.8) is 0 Å². The quantitative estimate of drug-likeness (QED) is 0.728. The summed E-state index contributed by atoms with van der Waals surface area (Å²) >= 11 is 0. The van der Waals surface area contributed by atoms with Crippen molar-refractivity contribution in [1.29, 1.82) is 0 Å². The van der Waals surface area contributed by atoms with E-state index in [0.717, 1.165) is 11.4 Å². The van der Waals surface area contributed by atoms with Crippen LogP contribution in [-0.4, -0.2) is 23.2 Å². The topological polar surface area (TPSA) is 61.4 Å². The molecule has 0 aliphatic rings. The first kappa shape index (κ1) is 12.5. The lowest BCUT2D eigenvalue weighted by Gasteiger charge is -2.18. The van der Waals surface area contributed by atoms with Crippen molar-refractivity contribution >= 4 is 17.3 Å². The van der Waals surface area contributed by atoms with Gasteiger partial charge in [0, 0.05) is 24.3 Å². The number of carbonyl (C=O) groups is 1. The zero-order valence-corrected chi connectivity index (χ0v) is 9.82. The van der Waals surface area contributed by atoms with Gasteiger partial charge in [0.25, 0.3) is 0 Å². The van der Waals surface area contributed by atoms with Gasteiger partial charge < -0.3 is 15.7 Å². The normalized spacial score (nSPS) is 14.0. The van der Waals surface area contributed by atoms with Crippen LogP contribution in [0.4, 0.5) is 11.4 Å². The summed E-state index contributed by atoms with van der Waals surface area (Å²) in [5.41, 5.74) is 1.62. The molecule has 0 saturated heterocycles. The van der Waals surface area contributed by atoms with Crippen molar-refractivity contribution in [2.24, 2.45) is 0 Å². The van der Waals surface area contributed by atoms with Gasteiger partial charge in [-0.05, 0) is 32.0 Å². The molecule has 1 amide bonds. The van der Waals surface area contributed by atoms with Crippen LogP contribution in [0.25, 0.3) is 0 Å². The summed E-state index contributed by atoms with van der Waals surface area (Å²) in [6, 6.07) is 7.36. The molecular formula is C12H18N2O2. The van der Waals surface area contributed by atoms with Crippen LogP contribution in [-0.2, 0) is 4.79 Å². The van der Waals surface area contributed by atoms with E-state index in [4.69, 9.17) is 0 Å². The Labute approximate surface area is 95.7 Å². The van der Waals surface area contributed by atoms with Crippen LogP contribution in [0, 0.1) is 0 Å². The second-order valence-electron chi connectivity index (χ2n) is 3.94. The Hall–Kier alpha value is -1.55. The van der Waals surface area contributed by atoms with Gasteiger partial charge in [0.1, 0.15) is 0 Å². The largest absolute Gasteiger partial charge is 0.391 e. The number of benzene rings is 1. The lowest BCUT2D eigenvalue weighted by Crippen LogP contribution is -2.27. The van der Waals surface area contributed by atoms with E-state index in [9.17, 15) is 9.90 Å². The summed E-state index contributed by atoms with van der Waals surface area (Å²) < 4.78 is 0. The lowest BCUT2D eigenvalue weighted by atomic mass is 10.2. The van der Waals surface area contributed by atoms with E-state index >= 15 is 0 Å². The third kappa shape index (κ3) is 3.90. The summed E-state index contributed by atoms with van der Waals surface area (Å²) in [4.78, 5) is 10.9. The van der Waals surface area contributed by atoms with Crippen LogP contribution in [0.3, 0.4) is 0 Å². The molecule has 0 saturated carbocycles. The summed E-state index contributed by atoms with van der Waals surface area (Å²) in [6.07, 6.45) is -0.426. The van der Waals surface area contributed by atoms with Gasteiger partial charge in [-0.2, -0.15) is 0 Å². The van der Waals surface area contributed by atoms with E-state index < -0.39 is 6.10 Å². The highest BCUT2D eigenvalue weighted by Gasteiger charge is 2.08. The molecule has 88 valence electrons. The number of nitrogens with one attached hydrogen (secondary N) is 2. The van der Waals surface area contributed by atoms with Crippen LogP contribution >= 0.6 is 0 Å². The Bertz CT molecular complexity index is 364. The molecule has 1 rings (SSSR count). The van der Waals surface area contributed by atoms with E-state index in [0.29, 0.717) is 0 Å². The molecule has 0 spiro atoms. The molecule has 1 aromatic carbocycles. The standard InChI is InChI=1S/C12H18N2O2/c1-8(9(2)15)13-11-5-4-6-12(7-11)14-10(3)16/h4-9,13,15H,1-3H3,(H,14,16). The molecule has 4 nitrogen and oxygen atoms in total. The minimum atomic E-state index is -0.426. The summed E-state index contributed by atoms with van der Waals surface area (Å²) in [7, 11) is 0. The van der Waals surface area contributed by atoms with E-state index in [1.807, 2.05) is 31.2 Å². The first-order chi connectivity index (χ1) is 7.49. The monoisotopic (exact) mass is 222 g/mol. The summed E-state index contributed by atoms with van der Waals surface area (Å²) in [6.45, 7) is 5.10. The third-order valence-corrected chi connectivity index (χ3v) is 2.30. The lowest BCUT2D eigenvalue weighted by molar-refractivity contribution is -0.114. The van der Waals surface area contributed by atoms with Crippen LogP contribution < -0.4 is 10.6 Å². The molecule has 0 aromatic heterocycles. The Morgan fingerprint density at radius 3 is 2.50 bits per heavy atom. The molecule has 0 heterocycles. The number of aliphatic hydroxyl groups excluding tert-OH is 1. The first-order valence-electron chi connectivity index (χ1n) is 5.31. The minimum absolute atomic E-state index is 0.0346. The van der Waals surface area contributed by atoms with Crippen LogP contribution in [0.5, 0.6) is 0 Å². The maximum Gasteiger partial charge on any atom is 0.221 e. The molecule has 0 aliphatic heterocycles. The van der Waals surface area contributed by atoms with Gasteiger partial charge in [-0.1, -0.05) is 6.07 Å².